The monoisotopic (exact) mass is 595 g/mol. The van der Waals surface area contributed by atoms with E-state index in [0.717, 1.165) is 59.1 Å². The molecule has 0 saturated carbocycles. The molecule has 0 bridgehead atoms. The molecule has 2 aromatic rings. The summed E-state index contributed by atoms with van der Waals surface area (Å²) in [6, 6.07) is 8.47. The Hall–Kier alpha value is -2.45. The molecule has 2 atom stereocenters. The maximum atomic E-state index is 13.3. The van der Waals surface area contributed by atoms with Crippen LogP contribution in [0.3, 0.4) is 0 Å². The molecular formula is C34H51N4O3S+. The quantitative estimate of drug-likeness (QED) is 0.226. The molecule has 0 saturated heterocycles. The minimum Gasteiger partial charge on any atom is -0.452 e. The predicted molar refractivity (Wildman–Crippen MR) is 173 cm³/mol. The molecule has 3 heterocycles. The van der Waals surface area contributed by atoms with Gasteiger partial charge in [-0.2, -0.15) is 0 Å². The van der Waals surface area contributed by atoms with Gasteiger partial charge in [-0.1, -0.05) is 46.0 Å². The smallest absolute Gasteiger partial charge is 0.212 e. The molecular weight excluding hydrogens is 544 g/mol. The van der Waals surface area contributed by atoms with E-state index in [2.05, 4.69) is 94.1 Å². The van der Waals surface area contributed by atoms with Gasteiger partial charge in [-0.25, -0.2) is 22.7 Å². The zero-order chi connectivity index (χ0) is 30.4. The molecule has 3 aliphatic rings. The fourth-order valence-corrected chi connectivity index (χ4v) is 8.54. The van der Waals surface area contributed by atoms with Gasteiger partial charge in [0.1, 0.15) is 18.1 Å². The van der Waals surface area contributed by atoms with Crippen LogP contribution in [0.2, 0.25) is 0 Å². The van der Waals surface area contributed by atoms with Crippen molar-refractivity contribution in [1.82, 2.24) is 9.30 Å². The number of sulfonamides is 1. The third-order valence-electron chi connectivity index (χ3n) is 10.0. The molecule has 2 unspecified atom stereocenters. The van der Waals surface area contributed by atoms with E-state index < -0.39 is 10.0 Å². The van der Waals surface area contributed by atoms with Gasteiger partial charge in [0.25, 0.3) is 0 Å². The Bertz CT molecular complexity index is 1580. The first kappa shape index (κ1) is 31.0. The van der Waals surface area contributed by atoms with Gasteiger partial charge >= 0.3 is 0 Å². The van der Waals surface area contributed by atoms with Crippen molar-refractivity contribution in [2.75, 3.05) is 31.3 Å². The van der Waals surface area contributed by atoms with Crippen molar-refractivity contribution in [1.29, 1.82) is 0 Å². The lowest BCUT2D eigenvalue weighted by Crippen LogP contribution is -2.52. The van der Waals surface area contributed by atoms with E-state index in [-0.39, 0.29) is 22.7 Å². The first-order chi connectivity index (χ1) is 19.7. The molecule has 0 radical (unpaired) electrons. The Labute approximate surface area is 253 Å². The summed E-state index contributed by atoms with van der Waals surface area (Å²) < 4.78 is 38.2. The Morgan fingerprint density at radius 3 is 2.45 bits per heavy atom. The highest BCUT2D eigenvalue weighted by Gasteiger charge is 2.41. The summed E-state index contributed by atoms with van der Waals surface area (Å²) in [7, 11) is 0.829. The molecule has 0 spiro atoms. The van der Waals surface area contributed by atoms with Crippen LogP contribution in [0, 0.1) is 0 Å². The highest BCUT2D eigenvalue weighted by Crippen LogP contribution is 2.48. The lowest BCUT2D eigenvalue weighted by atomic mass is 9.80. The van der Waals surface area contributed by atoms with Crippen LogP contribution in [-0.2, 0) is 10.0 Å². The summed E-state index contributed by atoms with van der Waals surface area (Å²) in [5, 5.41) is 1.79. The summed E-state index contributed by atoms with van der Waals surface area (Å²) in [6.45, 7) is 14.0. The van der Waals surface area contributed by atoms with E-state index >= 15 is 0 Å². The van der Waals surface area contributed by atoms with Crippen LogP contribution < -0.4 is 29.6 Å². The van der Waals surface area contributed by atoms with Crippen LogP contribution in [0.15, 0.2) is 29.3 Å². The number of nitrogens with zero attached hydrogens (tertiary/aromatic N) is 3. The summed E-state index contributed by atoms with van der Waals surface area (Å²) in [4.78, 5) is 7.43. The van der Waals surface area contributed by atoms with Crippen molar-refractivity contribution in [3.8, 4) is 11.5 Å². The molecule has 0 amide bonds. The average Bonchev–Trinajstić information content (AvgIpc) is 2.91. The molecule has 0 fully saturated rings. The zero-order valence-electron chi connectivity index (χ0n) is 27.0. The van der Waals surface area contributed by atoms with Gasteiger partial charge in [0, 0.05) is 48.8 Å². The van der Waals surface area contributed by atoms with Gasteiger partial charge in [0.05, 0.1) is 11.8 Å². The fourth-order valence-electron chi connectivity index (χ4n) is 7.14. The number of fused-ring (bicyclic) bond motifs is 4. The third-order valence-corrected chi connectivity index (χ3v) is 11.5. The standard InChI is InChI=1S/C34H51N4O3S/c1-9-10-11-12-13-14-15-35-42(39,40)22-24-21-34(5,6)38(8)30-19-32-28(17-26(24)30)36-27-16-25-23(2)20-33(3,4)37(7)29(25)18-31(27)41-32/h16-19,23-24,35H,9-15,20-22H2,1-8H3/q+1. The van der Waals surface area contributed by atoms with Crippen LogP contribution in [0.25, 0.3) is 0 Å². The second-order valence-corrected chi connectivity index (χ2v) is 16.0. The summed E-state index contributed by atoms with van der Waals surface area (Å²) in [5.74, 6) is 1.87. The molecule has 2 aromatic carbocycles. The first-order valence-corrected chi connectivity index (χ1v) is 17.6. The van der Waals surface area contributed by atoms with Gasteiger partial charge < -0.3 is 9.64 Å². The van der Waals surface area contributed by atoms with Gasteiger partial charge in [0.15, 0.2) is 17.0 Å². The minimum absolute atomic E-state index is 0.0660. The van der Waals surface area contributed by atoms with Crippen molar-refractivity contribution >= 4 is 21.4 Å². The topological polar surface area (TPSA) is 74.0 Å². The van der Waals surface area contributed by atoms with E-state index in [0.29, 0.717) is 12.5 Å². The summed E-state index contributed by atoms with van der Waals surface area (Å²) >= 11 is 0. The zero-order valence-corrected chi connectivity index (χ0v) is 27.8. The van der Waals surface area contributed by atoms with Crippen molar-refractivity contribution in [3.63, 3.8) is 0 Å². The number of anilines is 1. The molecule has 8 heteroatoms. The van der Waals surface area contributed by atoms with Crippen LogP contribution >= 0.6 is 0 Å². The predicted octanol–water partition coefficient (Wildman–Crippen LogP) is 6.13. The molecule has 3 aliphatic heterocycles. The Morgan fingerprint density at radius 1 is 1.00 bits per heavy atom. The van der Waals surface area contributed by atoms with Gasteiger partial charge in [-0.05, 0) is 64.2 Å². The highest BCUT2D eigenvalue weighted by molar-refractivity contribution is 7.89. The van der Waals surface area contributed by atoms with Crippen molar-refractivity contribution < 1.29 is 13.2 Å². The Balaban J connectivity index is 1.45. The van der Waals surface area contributed by atoms with Gasteiger partial charge in [-0.15, -0.1) is 0 Å². The van der Waals surface area contributed by atoms with E-state index in [1.807, 2.05) is 0 Å². The summed E-state index contributed by atoms with van der Waals surface area (Å²) in [5.41, 5.74) is 4.24. The lowest BCUT2D eigenvalue weighted by Gasteiger charge is -2.45. The van der Waals surface area contributed by atoms with Crippen molar-refractivity contribution in [3.05, 3.63) is 46.1 Å². The molecule has 5 rings (SSSR count). The SMILES string of the molecule is CCCCCCCCNS(=O)(=O)CC1CC(C)(C)[N+](C)=c2cc3c(cc21)=Nc1cc2c(cc1O3)N(C)C(C)(C)CC2C. The van der Waals surface area contributed by atoms with E-state index in [1.165, 1.54) is 36.9 Å². The average molecular weight is 596 g/mol. The lowest BCUT2D eigenvalue weighted by molar-refractivity contribution is 0.293. The molecule has 230 valence electrons. The molecule has 1 N–H and O–H groups in total. The van der Waals surface area contributed by atoms with Crippen LogP contribution in [0.1, 0.15) is 116 Å². The Kier molecular flexibility index (Phi) is 8.53. The van der Waals surface area contributed by atoms with Crippen LogP contribution in [-0.4, -0.2) is 45.9 Å². The second-order valence-electron chi connectivity index (χ2n) is 14.2. The number of ether oxygens (including phenoxy) is 1. The van der Waals surface area contributed by atoms with E-state index in [4.69, 9.17) is 9.73 Å². The van der Waals surface area contributed by atoms with Gasteiger partial charge in [-0.3, -0.25) is 0 Å². The molecule has 0 aliphatic carbocycles. The largest absolute Gasteiger partial charge is 0.452 e. The fraction of sp³-hybridized carbons (Fsp3) is 0.647. The maximum Gasteiger partial charge on any atom is 0.212 e. The summed E-state index contributed by atoms with van der Waals surface area (Å²) in [6.07, 6.45) is 8.64. The number of hydrogen-bond acceptors (Lipinski definition) is 5. The molecule has 42 heavy (non-hydrogen) atoms. The van der Waals surface area contributed by atoms with Crippen LogP contribution in [0.5, 0.6) is 11.5 Å². The number of rotatable bonds is 10. The maximum absolute atomic E-state index is 13.3. The van der Waals surface area contributed by atoms with Crippen molar-refractivity contribution in [2.45, 2.75) is 116 Å². The van der Waals surface area contributed by atoms with Crippen LogP contribution in [0.4, 0.5) is 11.4 Å². The minimum atomic E-state index is -3.43. The van der Waals surface area contributed by atoms with Gasteiger partial charge in [0.2, 0.25) is 15.4 Å². The number of nitrogens with one attached hydrogen (secondary N) is 1. The highest BCUT2D eigenvalue weighted by atomic mass is 32.2. The normalized spacial score (nSPS) is 21.9. The molecule has 0 aromatic heterocycles. The Morgan fingerprint density at radius 2 is 1.71 bits per heavy atom. The first-order valence-electron chi connectivity index (χ1n) is 15.9. The van der Waals surface area contributed by atoms with E-state index in [9.17, 15) is 8.42 Å². The molecule has 7 nitrogen and oxygen atoms in total. The van der Waals surface area contributed by atoms with E-state index in [1.54, 1.807) is 0 Å². The third kappa shape index (κ3) is 6.12. The second kappa shape index (κ2) is 11.6. The number of benzene rings is 2. The number of unbranched alkanes of at least 4 members (excludes halogenated alkanes) is 5. The number of hydrogen-bond donors (Lipinski definition) is 1. The van der Waals surface area contributed by atoms with Crippen molar-refractivity contribution in [2.24, 2.45) is 4.99 Å².